The average Bonchev–Trinajstić information content (AvgIpc) is 2.40. The van der Waals surface area contributed by atoms with Gasteiger partial charge in [0.2, 0.25) is 0 Å². The van der Waals surface area contributed by atoms with Crippen molar-refractivity contribution in [2.45, 2.75) is 13.2 Å². The van der Waals surface area contributed by atoms with Crippen LogP contribution in [0.2, 0.25) is 5.02 Å². The summed E-state index contributed by atoms with van der Waals surface area (Å²) in [5, 5.41) is 11.5. The molecule has 0 saturated heterocycles. The number of nitrogens with zero attached hydrogens (tertiary/aromatic N) is 1. The minimum absolute atomic E-state index is 0.0360. The molecule has 0 radical (unpaired) electrons. The maximum atomic E-state index is 10.8. The Balaban J connectivity index is 1.97. The first kappa shape index (κ1) is 15.0. The molecule has 6 heteroatoms. The summed E-state index contributed by atoms with van der Waals surface area (Å²) >= 11 is 9.02. The molecule has 0 saturated carbocycles. The summed E-state index contributed by atoms with van der Waals surface area (Å²) in [5.74, 6) is 0. The highest BCUT2D eigenvalue weighted by atomic mass is 79.9. The quantitative estimate of drug-likeness (QED) is 0.575. The molecule has 0 fully saturated rings. The van der Waals surface area contributed by atoms with E-state index in [9.17, 15) is 10.1 Å². The number of hydrogen-bond donors (Lipinski definition) is 0. The van der Waals surface area contributed by atoms with Gasteiger partial charge < -0.3 is 4.74 Å². The Labute approximate surface area is 129 Å². The van der Waals surface area contributed by atoms with E-state index in [1.807, 2.05) is 18.2 Å². The first-order valence-electron chi connectivity index (χ1n) is 5.81. The zero-order chi connectivity index (χ0) is 14.5. The van der Waals surface area contributed by atoms with E-state index in [0.29, 0.717) is 22.7 Å². The minimum atomic E-state index is -0.426. The molecule has 0 bridgehead atoms. The van der Waals surface area contributed by atoms with Crippen LogP contribution in [0.15, 0.2) is 46.9 Å². The van der Waals surface area contributed by atoms with Crippen LogP contribution in [0.4, 0.5) is 5.69 Å². The van der Waals surface area contributed by atoms with E-state index in [4.69, 9.17) is 16.3 Å². The van der Waals surface area contributed by atoms with Gasteiger partial charge in [0.05, 0.1) is 22.6 Å². The molecule has 2 aromatic carbocycles. The topological polar surface area (TPSA) is 52.4 Å². The molecule has 0 spiro atoms. The highest BCUT2D eigenvalue weighted by molar-refractivity contribution is 9.10. The van der Waals surface area contributed by atoms with Gasteiger partial charge >= 0.3 is 0 Å². The third-order valence-electron chi connectivity index (χ3n) is 2.63. The van der Waals surface area contributed by atoms with Gasteiger partial charge in [0.25, 0.3) is 5.69 Å². The molecule has 0 aliphatic carbocycles. The van der Waals surface area contributed by atoms with E-state index in [-0.39, 0.29) is 5.69 Å². The molecule has 0 amide bonds. The molecule has 104 valence electrons. The van der Waals surface area contributed by atoms with Crippen LogP contribution in [0.25, 0.3) is 0 Å². The number of ether oxygens (including phenoxy) is 1. The van der Waals surface area contributed by atoms with Crippen molar-refractivity contribution in [1.29, 1.82) is 0 Å². The summed E-state index contributed by atoms with van der Waals surface area (Å²) in [6, 6.07) is 12.3. The van der Waals surface area contributed by atoms with Crippen molar-refractivity contribution in [3.8, 4) is 0 Å². The number of benzene rings is 2. The lowest BCUT2D eigenvalue weighted by Gasteiger charge is -2.05. The Hall–Kier alpha value is -1.43. The van der Waals surface area contributed by atoms with Crippen molar-refractivity contribution in [2.24, 2.45) is 0 Å². The summed E-state index contributed by atoms with van der Waals surface area (Å²) in [6.45, 7) is 0.713. The maximum absolute atomic E-state index is 10.8. The van der Waals surface area contributed by atoms with E-state index in [1.165, 1.54) is 6.07 Å². The molecule has 20 heavy (non-hydrogen) atoms. The summed E-state index contributed by atoms with van der Waals surface area (Å²) in [6.07, 6.45) is 0. The van der Waals surface area contributed by atoms with Crippen LogP contribution in [0, 0.1) is 10.1 Å². The molecule has 0 aliphatic heterocycles. The lowest BCUT2D eigenvalue weighted by molar-refractivity contribution is -0.385. The molecule has 0 heterocycles. The zero-order valence-corrected chi connectivity index (χ0v) is 12.7. The molecule has 2 aromatic rings. The van der Waals surface area contributed by atoms with Gasteiger partial charge in [-0.1, -0.05) is 29.8 Å². The van der Waals surface area contributed by atoms with E-state index >= 15 is 0 Å². The molecular weight excluding hydrogens is 346 g/mol. The van der Waals surface area contributed by atoms with Crippen LogP contribution in [0.1, 0.15) is 11.1 Å². The number of halogens is 2. The lowest BCUT2D eigenvalue weighted by atomic mass is 10.2. The zero-order valence-electron chi connectivity index (χ0n) is 10.4. The predicted octanol–water partition coefficient (Wildman–Crippen LogP) is 4.73. The molecule has 2 rings (SSSR count). The highest BCUT2D eigenvalue weighted by Crippen LogP contribution is 2.26. The van der Waals surface area contributed by atoms with Crippen molar-refractivity contribution < 1.29 is 9.66 Å². The monoisotopic (exact) mass is 355 g/mol. The van der Waals surface area contributed by atoms with Crippen molar-refractivity contribution >= 4 is 33.2 Å². The lowest BCUT2D eigenvalue weighted by Crippen LogP contribution is -1.96. The minimum Gasteiger partial charge on any atom is -0.372 e. The molecule has 0 aliphatic rings. The van der Waals surface area contributed by atoms with Gasteiger partial charge in [-0.25, -0.2) is 0 Å². The molecule has 0 aromatic heterocycles. The molecular formula is C14H11BrClNO3. The number of rotatable bonds is 5. The van der Waals surface area contributed by atoms with Crippen LogP contribution in [-0.4, -0.2) is 4.92 Å². The van der Waals surface area contributed by atoms with Gasteiger partial charge in [-0.15, -0.1) is 0 Å². The van der Waals surface area contributed by atoms with Gasteiger partial charge in [-0.2, -0.15) is 0 Å². The fourth-order valence-electron chi connectivity index (χ4n) is 1.70. The van der Waals surface area contributed by atoms with Gasteiger partial charge in [-0.3, -0.25) is 10.1 Å². The SMILES string of the molecule is O=[N+]([O-])c1cc(COCc2cccc(Cl)c2)ccc1Br. The standard InChI is InChI=1S/C14H11BrClNO3/c15-13-5-4-11(7-14(13)17(18)19)9-20-8-10-2-1-3-12(16)6-10/h1-7H,8-9H2. The number of hydrogen-bond acceptors (Lipinski definition) is 3. The van der Waals surface area contributed by atoms with Crippen molar-refractivity contribution in [1.82, 2.24) is 0 Å². The summed E-state index contributed by atoms with van der Waals surface area (Å²) in [7, 11) is 0. The van der Waals surface area contributed by atoms with Crippen LogP contribution in [0.5, 0.6) is 0 Å². The van der Waals surface area contributed by atoms with Gasteiger partial charge in [0.1, 0.15) is 0 Å². The Kier molecular flexibility index (Phi) is 5.11. The predicted molar refractivity (Wildman–Crippen MR) is 80.7 cm³/mol. The Bertz CT molecular complexity index is 634. The Morgan fingerprint density at radius 2 is 1.85 bits per heavy atom. The normalized spacial score (nSPS) is 10.5. The van der Waals surface area contributed by atoms with E-state index < -0.39 is 4.92 Å². The Morgan fingerprint density at radius 1 is 1.15 bits per heavy atom. The van der Waals surface area contributed by atoms with Gasteiger partial charge in [0, 0.05) is 11.1 Å². The first-order chi connectivity index (χ1) is 9.56. The third-order valence-corrected chi connectivity index (χ3v) is 3.54. The van der Waals surface area contributed by atoms with Crippen molar-refractivity contribution in [3.05, 3.63) is 73.2 Å². The van der Waals surface area contributed by atoms with Gasteiger partial charge in [0.15, 0.2) is 0 Å². The average molecular weight is 357 g/mol. The second-order valence-electron chi connectivity index (χ2n) is 4.17. The smallest absolute Gasteiger partial charge is 0.283 e. The van der Waals surface area contributed by atoms with Crippen LogP contribution in [-0.2, 0) is 18.0 Å². The van der Waals surface area contributed by atoms with Crippen LogP contribution in [0.3, 0.4) is 0 Å². The Morgan fingerprint density at radius 3 is 2.50 bits per heavy atom. The van der Waals surface area contributed by atoms with Gasteiger partial charge in [-0.05, 0) is 45.3 Å². The second kappa shape index (κ2) is 6.83. The van der Waals surface area contributed by atoms with E-state index in [0.717, 1.165) is 11.1 Å². The summed E-state index contributed by atoms with van der Waals surface area (Å²) < 4.78 is 6.00. The molecule has 4 nitrogen and oxygen atoms in total. The number of nitro benzene ring substituents is 1. The fraction of sp³-hybridized carbons (Fsp3) is 0.143. The molecule has 0 atom stereocenters. The van der Waals surface area contributed by atoms with Crippen LogP contribution < -0.4 is 0 Å². The first-order valence-corrected chi connectivity index (χ1v) is 6.98. The van der Waals surface area contributed by atoms with E-state index in [1.54, 1.807) is 18.2 Å². The van der Waals surface area contributed by atoms with Crippen molar-refractivity contribution in [3.63, 3.8) is 0 Å². The van der Waals surface area contributed by atoms with Crippen LogP contribution >= 0.6 is 27.5 Å². The summed E-state index contributed by atoms with van der Waals surface area (Å²) in [4.78, 5) is 10.4. The van der Waals surface area contributed by atoms with Crippen molar-refractivity contribution in [2.75, 3.05) is 0 Å². The second-order valence-corrected chi connectivity index (χ2v) is 5.46. The molecule has 0 N–H and O–H groups in total. The van der Waals surface area contributed by atoms with E-state index in [2.05, 4.69) is 15.9 Å². The third kappa shape index (κ3) is 4.03. The number of nitro groups is 1. The summed E-state index contributed by atoms with van der Waals surface area (Å²) in [5.41, 5.74) is 1.75. The highest BCUT2D eigenvalue weighted by Gasteiger charge is 2.12. The fourth-order valence-corrected chi connectivity index (χ4v) is 2.31. The maximum Gasteiger partial charge on any atom is 0.283 e. The largest absolute Gasteiger partial charge is 0.372 e. The molecule has 0 unspecified atom stereocenters.